The fourth-order valence-corrected chi connectivity index (χ4v) is 5.98. The molecule has 0 bridgehead atoms. The Hall–Kier alpha value is -4.18. The number of ketones is 2. The SMILES string of the molecule is COc1cc([C@H]2C3=CCn4c(=O)n(-c5ccccc5)c(=O)n4[C@@H]3CC3=C2C(=O)C=C(Br)C3=O)ccc1O. The number of hydrogen-bond donors (Lipinski definition) is 1. The Morgan fingerprint density at radius 3 is 2.51 bits per heavy atom. The highest BCUT2D eigenvalue weighted by molar-refractivity contribution is 9.12. The van der Waals surface area contributed by atoms with Crippen LogP contribution in [0, 0.1) is 0 Å². The highest BCUT2D eigenvalue weighted by Crippen LogP contribution is 2.50. The Morgan fingerprint density at radius 2 is 1.78 bits per heavy atom. The van der Waals surface area contributed by atoms with Crippen LogP contribution in [0.2, 0.25) is 0 Å². The topological polar surface area (TPSA) is 113 Å². The predicted molar refractivity (Wildman–Crippen MR) is 137 cm³/mol. The van der Waals surface area contributed by atoms with Gasteiger partial charge in [0.25, 0.3) is 0 Å². The molecule has 3 aliphatic rings. The van der Waals surface area contributed by atoms with Crippen LogP contribution in [-0.4, -0.2) is 37.7 Å². The molecule has 2 heterocycles. The summed E-state index contributed by atoms with van der Waals surface area (Å²) in [7, 11) is 1.42. The molecule has 2 aromatic carbocycles. The van der Waals surface area contributed by atoms with Crippen molar-refractivity contribution in [3.05, 3.63) is 108 Å². The summed E-state index contributed by atoms with van der Waals surface area (Å²) in [5, 5.41) is 10.2. The summed E-state index contributed by atoms with van der Waals surface area (Å²) in [5.74, 6) is -1.17. The van der Waals surface area contributed by atoms with Crippen molar-refractivity contribution >= 4 is 27.5 Å². The number of Topliss-reactive ketones (excluding diaryl/α,β-unsaturated/α-hetero) is 1. The summed E-state index contributed by atoms with van der Waals surface area (Å²) in [6.45, 7) is 0.121. The van der Waals surface area contributed by atoms with Gasteiger partial charge in [0.1, 0.15) is 0 Å². The minimum absolute atomic E-state index is 0.0656. The van der Waals surface area contributed by atoms with Crippen molar-refractivity contribution in [1.29, 1.82) is 0 Å². The average molecular weight is 562 g/mol. The van der Waals surface area contributed by atoms with Crippen LogP contribution < -0.4 is 16.1 Å². The summed E-state index contributed by atoms with van der Waals surface area (Å²) in [6, 6.07) is 12.7. The highest BCUT2D eigenvalue weighted by atomic mass is 79.9. The Balaban J connectivity index is 1.59. The van der Waals surface area contributed by atoms with Gasteiger partial charge in [-0.3, -0.25) is 9.59 Å². The molecule has 186 valence electrons. The lowest BCUT2D eigenvalue weighted by Gasteiger charge is -2.39. The number of benzene rings is 2. The first-order valence-corrected chi connectivity index (χ1v) is 12.4. The van der Waals surface area contributed by atoms with E-state index in [0.717, 1.165) is 10.1 Å². The van der Waals surface area contributed by atoms with Crippen molar-refractivity contribution in [3.63, 3.8) is 0 Å². The maximum Gasteiger partial charge on any atom is 0.352 e. The molecule has 1 aromatic heterocycles. The summed E-state index contributed by atoms with van der Waals surface area (Å²) >= 11 is 3.21. The number of methoxy groups -OCH3 is 1. The molecule has 1 N–H and O–H groups in total. The van der Waals surface area contributed by atoms with Gasteiger partial charge in [-0.05, 0) is 51.3 Å². The summed E-state index contributed by atoms with van der Waals surface area (Å²) in [6.07, 6.45) is 3.20. The van der Waals surface area contributed by atoms with E-state index < -0.39 is 23.3 Å². The number of carbonyl (C=O) groups excluding carboxylic acids is 2. The number of phenolic OH excluding ortho intramolecular Hbond substituents is 1. The van der Waals surface area contributed by atoms with Crippen molar-refractivity contribution in [2.45, 2.75) is 24.9 Å². The second-order valence-electron chi connectivity index (χ2n) is 9.03. The first kappa shape index (κ1) is 23.2. The Morgan fingerprint density at radius 1 is 1.03 bits per heavy atom. The zero-order valence-corrected chi connectivity index (χ0v) is 21.1. The third-order valence-corrected chi connectivity index (χ3v) is 7.74. The van der Waals surface area contributed by atoms with Gasteiger partial charge in [0.05, 0.1) is 29.9 Å². The minimum Gasteiger partial charge on any atom is -0.504 e. The van der Waals surface area contributed by atoms with Gasteiger partial charge in [0.15, 0.2) is 23.1 Å². The van der Waals surface area contributed by atoms with Crippen LogP contribution in [0.3, 0.4) is 0 Å². The van der Waals surface area contributed by atoms with Crippen molar-refractivity contribution in [2.75, 3.05) is 7.11 Å². The molecule has 0 fully saturated rings. The van der Waals surface area contributed by atoms with E-state index in [0.29, 0.717) is 22.4 Å². The Labute approximate surface area is 218 Å². The monoisotopic (exact) mass is 561 g/mol. The molecule has 0 saturated carbocycles. The van der Waals surface area contributed by atoms with Crippen molar-refractivity contribution < 1.29 is 19.4 Å². The van der Waals surface area contributed by atoms with Gasteiger partial charge in [-0.2, -0.15) is 0 Å². The number of carbonyl (C=O) groups is 2. The lowest BCUT2D eigenvalue weighted by molar-refractivity contribution is -0.115. The molecule has 3 aromatic rings. The van der Waals surface area contributed by atoms with E-state index in [9.17, 15) is 24.3 Å². The smallest absolute Gasteiger partial charge is 0.352 e. The number of halogens is 1. The number of rotatable bonds is 3. The molecule has 37 heavy (non-hydrogen) atoms. The van der Waals surface area contributed by atoms with E-state index in [1.807, 2.05) is 6.08 Å². The van der Waals surface area contributed by atoms with Gasteiger partial charge in [-0.1, -0.05) is 30.3 Å². The molecule has 0 spiro atoms. The number of fused-ring (bicyclic) bond motifs is 3. The van der Waals surface area contributed by atoms with Crippen molar-refractivity contribution in [2.24, 2.45) is 0 Å². The number of hydrogen-bond acceptors (Lipinski definition) is 6. The van der Waals surface area contributed by atoms with E-state index in [2.05, 4.69) is 15.9 Å². The molecule has 1 aliphatic heterocycles. The average Bonchev–Trinajstić information content (AvgIpc) is 3.16. The molecule has 10 heteroatoms. The highest BCUT2D eigenvalue weighted by Gasteiger charge is 2.45. The van der Waals surface area contributed by atoms with Crippen LogP contribution in [0.5, 0.6) is 11.5 Å². The van der Waals surface area contributed by atoms with Gasteiger partial charge < -0.3 is 9.84 Å². The first-order valence-electron chi connectivity index (χ1n) is 11.6. The Bertz CT molecular complexity index is 1720. The fourth-order valence-electron chi connectivity index (χ4n) is 5.53. The third-order valence-electron chi connectivity index (χ3n) is 7.15. The van der Waals surface area contributed by atoms with Crippen LogP contribution in [0.4, 0.5) is 0 Å². The lowest BCUT2D eigenvalue weighted by Crippen LogP contribution is -2.40. The van der Waals surface area contributed by atoms with E-state index in [4.69, 9.17) is 4.74 Å². The number of phenols is 1. The Kier molecular flexibility index (Phi) is 5.30. The van der Waals surface area contributed by atoms with Crippen LogP contribution in [0.15, 0.2) is 91.5 Å². The lowest BCUT2D eigenvalue weighted by atomic mass is 9.69. The van der Waals surface area contributed by atoms with Gasteiger partial charge in [-0.25, -0.2) is 23.5 Å². The molecule has 0 saturated heterocycles. The molecule has 0 unspecified atom stereocenters. The molecule has 2 atom stereocenters. The molecular formula is C27H20BrN3O6. The summed E-state index contributed by atoms with van der Waals surface area (Å²) in [5.41, 5.74) is 1.40. The van der Waals surface area contributed by atoms with Gasteiger partial charge in [0, 0.05) is 29.6 Å². The number of ether oxygens (including phenoxy) is 1. The number of nitrogens with zero attached hydrogens (tertiary/aromatic N) is 3. The van der Waals surface area contributed by atoms with Gasteiger partial charge >= 0.3 is 11.4 Å². The fraction of sp³-hybridized carbons (Fsp3) is 0.185. The minimum atomic E-state index is -0.674. The maximum atomic E-state index is 13.7. The maximum absolute atomic E-state index is 13.7. The van der Waals surface area contributed by atoms with Gasteiger partial charge in [0.2, 0.25) is 0 Å². The summed E-state index contributed by atoms with van der Waals surface area (Å²) in [4.78, 5) is 53.5. The van der Waals surface area contributed by atoms with E-state index >= 15 is 0 Å². The second kappa shape index (κ2) is 8.45. The second-order valence-corrected chi connectivity index (χ2v) is 9.88. The van der Waals surface area contributed by atoms with E-state index in [1.54, 1.807) is 42.5 Å². The quantitative estimate of drug-likeness (QED) is 0.388. The van der Waals surface area contributed by atoms with E-state index in [1.165, 1.54) is 28.6 Å². The largest absolute Gasteiger partial charge is 0.504 e. The van der Waals surface area contributed by atoms with Crippen LogP contribution in [-0.2, 0) is 16.1 Å². The standard InChI is InChI=1S/C27H20BrN3O6/c1-37-22-11-14(7-8-20(22)32)23-16-9-10-29-26(35)30(15-5-3-2-4-6-15)27(36)31(29)19(16)12-17-24(23)21(33)13-18(28)25(17)34/h2-9,11,13,19,23,32H,10,12H2,1H3/t19-,23+/m1/s1. The van der Waals surface area contributed by atoms with Crippen molar-refractivity contribution in [1.82, 2.24) is 13.9 Å². The zero-order valence-electron chi connectivity index (χ0n) is 19.6. The van der Waals surface area contributed by atoms with Crippen LogP contribution in [0.1, 0.15) is 23.9 Å². The number of allylic oxidation sites excluding steroid dienone is 6. The van der Waals surface area contributed by atoms with Crippen LogP contribution in [0.25, 0.3) is 5.69 Å². The first-order chi connectivity index (χ1) is 17.8. The zero-order chi connectivity index (χ0) is 26.0. The predicted octanol–water partition coefficient (Wildman–Crippen LogP) is 2.91. The third kappa shape index (κ3) is 3.36. The van der Waals surface area contributed by atoms with Crippen molar-refractivity contribution in [3.8, 4) is 17.2 Å². The molecule has 9 nitrogen and oxygen atoms in total. The molecular weight excluding hydrogens is 542 g/mol. The number of para-hydroxylation sites is 1. The molecule has 0 radical (unpaired) electrons. The van der Waals surface area contributed by atoms with Crippen LogP contribution >= 0.6 is 15.9 Å². The van der Waals surface area contributed by atoms with Gasteiger partial charge in [-0.15, -0.1) is 0 Å². The van der Waals surface area contributed by atoms with E-state index in [-0.39, 0.29) is 40.5 Å². The molecule has 6 rings (SSSR count). The number of aromatic hydroxyl groups is 1. The number of aromatic nitrogens is 3. The summed E-state index contributed by atoms with van der Waals surface area (Å²) < 4.78 is 9.31. The molecule has 0 amide bonds. The normalized spacial score (nSPS) is 20.6. The molecule has 2 aliphatic carbocycles.